The van der Waals surface area contributed by atoms with Crippen molar-refractivity contribution in [2.45, 2.75) is 31.5 Å². The second kappa shape index (κ2) is 7.14. The normalized spacial score (nSPS) is 11.7. The highest BCUT2D eigenvalue weighted by Gasteiger charge is 2.13. The summed E-state index contributed by atoms with van der Waals surface area (Å²) in [5, 5.41) is 9.67. The quantitative estimate of drug-likeness (QED) is 0.677. The van der Waals surface area contributed by atoms with E-state index in [1.807, 2.05) is 43.5 Å². The van der Waals surface area contributed by atoms with Gasteiger partial charge in [0.05, 0.1) is 11.8 Å². The maximum absolute atomic E-state index is 11.9. The Bertz CT molecular complexity index is 747. The minimum absolute atomic E-state index is 0.0217. The highest BCUT2D eigenvalue weighted by atomic mass is 32.2. The molecule has 0 fully saturated rings. The van der Waals surface area contributed by atoms with Gasteiger partial charge in [-0.3, -0.25) is 4.79 Å². The minimum atomic E-state index is -0.420. The van der Waals surface area contributed by atoms with Crippen LogP contribution in [0.15, 0.2) is 34.2 Å². The fraction of sp³-hybridized carbons (Fsp3) is 0.312. The first-order chi connectivity index (χ1) is 10.6. The van der Waals surface area contributed by atoms with Crippen molar-refractivity contribution >= 4 is 11.8 Å². The lowest BCUT2D eigenvalue weighted by Gasteiger charge is -2.13. The molecule has 6 heteroatoms. The number of rotatable bonds is 5. The van der Waals surface area contributed by atoms with Gasteiger partial charge in [0.2, 0.25) is 0 Å². The average molecular weight is 315 g/mol. The van der Waals surface area contributed by atoms with E-state index < -0.39 is 5.56 Å². The van der Waals surface area contributed by atoms with Gasteiger partial charge in [0.15, 0.2) is 5.16 Å². The lowest BCUT2D eigenvalue weighted by atomic mass is 10.1. The Morgan fingerprint density at radius 1 is 1.41 bits per heavy atom. The smallest absolute Gasteiger partial charge is 0.270 e. The van der Waals surface area contributed by atoms with Gasteiger partial charge in [-0.25, -0.2) is 4.98 Å². The van der Waals surface area contributed by atoms with E-state index in [2.05, 4.69) is 16.9 Å². The highest BCUT2D eigenvalue weighted by Crippen LogP contribution is 2.24. The van der Waals surface area contributed by atoms with Crippen LogP contribution in [-0.4, -0.2) is 22.3 Å². The van der Waals surface area contributed by atoms with Crippen LogP contribution in [0.1, 0.15) is 25.8 Å². The summed E-state index contributed by atoms with van der Waals surface area (Å²) < 4.78 is 5.72. The number of benzene rings is 1. The first kappa shape index (κ1) is 16.1. The van der Waals surface area contributed by atoms with E-state index in [0.717, 1.165) is 17.7 Å². The molecule has 1 unspecified atom stereocenters. The summed E-state index contributed by atoms with van der Waals surface area (Å²) in [6.45, 7) is 4.06. The third kappa shape index (κ3) is 3.49. The monoisotopic (exact) mass is 315 g/mol. The number of aromatic nitrogens is 2. The molecule has 0 saturated heterocycles. The molecule has 0 amide bonds. The van der Waals surface area contributed by atoms with Crippen LogP contribution in [0, 0.1) is 11.3 Å². The van der Waals surface area contributed by atoms with Crippen LogP contribution in [0.4, 0.5) is 0 Å². The number of ether oxygens (including phenoxy) is 1. The van der Waals surface area contributed by atoms with Crippen LogP contribution >= 0.6 is 11.8 Å². The third-order valence-electron chi connectivity index (χ3n) is 3.24. The summed E-state index contributed by atoms with van der Waals surface area (Å²) in [5.74, 6) is 0.756. The molecule has 2 aromatic rings. The van der Waals surface area contributed by atoms with Crippen molar-refractivity contribution in [3.63, 3.8) is 0 Å². The third-order valence-corrected chi connectivity index (χ3v) is 3.82. The molecule has 0 aliphatic carbocycles. The van der Waals surface area contributed by atoms with Gasteiger partial charge in [-0.05, 0) is 43.9 Å². The van der Waals surface area contributed by atoms with Crippen molar-refractivity contribution in [1.82, 2.24) is 9.97 Å². The Morgan fingerprint density at radius 2 is 2.09 bits per heavy atom. The van der Waals surface area contributed by atoms with Gasteiger partial charge in [0, 0.05) is 5.56 Å². The number of H-pyrrole nitrogens is 1. The molecular formula is C16H17N3O2S. The Kier molecular flexibility index (Phi) is 5.23. The van der Waals surface area contributed by atoms with E-state index in [1.165, 1.54) is 11.8 Å². The van der Waals surface area contributed by atoms with Crippen molar-refractivity contribution < 1.29 is 4.74 Å². The van der Waals surface area contributed by atoms with E-state index in [-0.39, 0.29) is 11.7 Å². The zero-order valence-corrected chi connectivity index (χ0v) is 13.5. The summed E-state index contributed by atoms with van der Waals surface area (Å²) in [5.41, 5.74) is 0.713. The van der Waals surface area contributed by atoms with Gasteiger partial charge < -0.3 is 9.72 Å². The lowest BCUT2D eigenvalue weighted by Crippen LogP contribution is -2.14. The number of nitriles is 1. The summed E-state index contributed by atoms with van der Waals surface area (Å²) in [6.07, 6.45) is 2.88. The fourth-order valence-corrected chi connectivity index (χ4v) is 2.25. The molecule has 1 aromatic carbocycles. The Labute approximate surface area is 133 Å². The van der Waals surface area contributed by atoms with Gasteiger partial charge in [-0.1, -0.05) is 18.7 Å². The molecule has 0 saturated carbocycles. The van der Waals surface area contributed by atoms with Crippen molar-refractivity contribution in [2.24, 2.45) is 0 Å². The van der Waals surface area contributed by atoms with Crippen LogP contribution in [-0.2, 0) is 0 Å². The molecule has 0 bridgehead atoms. The Balaban J connectivity index is 2.42. The van der Waals surface area contributed by atoms with E-state index >= 15 is 0 Å². The molecule has 0 aliphatic rings. The largest absolute Gasteiger partial charge is 0.491 e. The van der Waals surface area contributed by atoms with E-state index in [1.54, 1.807) is 0 Å². The van der Waals surface area contributed by atoms with Gasteiger partial charge in [-0.15, -0.1) is 0 Å². The minimum Gasteiger partial charge on any atom is -0.491 e. The summed E-state index contributed by atoms with van der Waals surface area (Å²) in [7, 11) is 0. The number of nitrogens with one attached hydrogen (secondary N) is 1. The lowest BCUT2D eigenvalue weighted by molar-refractivity contribution is 0.217. The Morgan fingerprint density at radius 3 is 2.64 bits per heavy atom. The molecule has 0 radical (unpaired) electrons. The second-order valence-corrected chi connectivity index (χ2v) is 5.57. The molecule has 1 aromatic heterocycles. The van der Waals surface area contributed by atoms with Crippen LogP contribution < -0.4 is 10.3 Å². The van der Waals surface area contributed by atoms with Crippen molar-refractivity contribution in [1.29, 1.82) is 5.26 Å². The number of nitrogens with zero attached hydrogens (tertiary/aromatic N) is 2. The van der Waals surface area contributed by atoms with Crippen LogP contribution in [0.2, 0.25) is 0 Å². The number of hydrogen-bond donors (Lipinski definition) is 1. The molecule has 0 spiro atoms. The molecule has 0 aliphatic heterocycles. The number of aromatic amines is 1. The van der Waals surface area contributed by atoms with Gasteiger partial charge in [0.1, 0.15) is 17.4 Å². The van der Waals surface area contributed by atoms with E-state index in [4.69, 9.17) is 4.74 Å². The summed E-state index contributed by atoms with van der Waals surface area (Å²) in [4.78, 5) is 18.8. The summed E-state index contributed by atoms with van der Waals surface area (Å²) in [6, 6.07) is 9.19. The maximum Gasteiger partial charge on any atom is 0.270 e. The average Bonchev–Trinajstić information content (AvgIpc) is 2.54. The van der Waals surface area contributed by atoms with E-state index in [0.29, 0.717) is 10.9 Å². The standard InChI is InChI=1S/C16H17N3O2S/c1-4-10(2)21-12-7-5-11(6-8-12)14-13(9-17)15(20)19-16(18-14)22-3/h5-8,10H,4H2,1-3H3,(H,18,19,20). The van der Waals surface area contributed by atoms with Crippen LogP contribution in [0.3, 0.4) is 0 Å². The number of hydrogen-bond acceptors (Lipinski definition) is 5. The first-order valence-corrected chi connectivity index (χ1v) is 8.17. The zero-order chi connectivity index (χ0) is 16.1. The molecule has 114 valence electrons. The molecular weight excluding hydrogens is 298 g/mol. The van der Waals surface area contributed by atoms with E-state index in [9.17, 15) is 10.1 Å². The van der Waals surface area contributed by atoms with Gasteiger partial charge in [-0.2, -0.15) is 5.26 Å². The van der Waals surface area contributed by atoms with Gasteiger partial charge >= 0.3 is 0 Å². The molecule has 2 rings (SSSR count). The van der Waals surface area contributed by atoms with Crippen molar-refractivity contribution in [3.05, 3.63) is 40.2 Å². The van der Waals surface area contributed by atoms with Crippen LogP contribution in [0.25, 0.3) is 11.3 Å². The number of thioether (sulfide) groups is 1. The first-order valence-electron chi connectivity index (χ1n) is 6.94. The van der Waals surface area contributed by atoms with Crippen molar-refractivity contribution in [3.8, 4) is 23.1 Å². The molecule has 5 nitrogen and oxygen atoms in total. The van der Waals surface area contributed by atoms with Crippen LogP contribution in [0.5, 0.6) is 5.75 Å². The predicted octanol–water partition coefficient (Wildman–Crippen LogP) is 3.21. The SMILES string of the molecule is CCC(C)Oc1ccc(-c2nc(SC)[nH]c(=O)c2C#N)cc1. The second-order valence-electron chi connectivity index (χ2n) is 4.77. The fourth-order valence-electron chi connectivity index (χ4n) is 1.87. The topological polar surface area (TPSA) is 78.8 Å². The molecule has 1 atom stereocenters. The molecule has 1 heterocycles. The molecule has 1 N–H and O–H groups in total. The highest BCUT2D eigenvalue weighted by molar-refractivity contribution is 7.98. The van der Waals surface area contributed by atoms with Crippen molar-refractivity contribution in [2.75, 3.05) is 6.26 Å². The Hall–Kier alpha value is -2.26. The predicted molar refractivity (Wildman–Crippen MR) is 87.2 cm³/mol. The summed E-state index contributed by atoms with van der Waals surface area (Å²) >= 11 is 1.32. The zero-order valence-electron chi connectivity index (χ0n) is 12.7. The maximum atomic E-state index is 11.9. The van der Waals surface area contributed by atoms with Gasteiger partial charge in [0.25, 0.3) is 5.56 Å². The molecule has 22 heavy (non-hydrogen) atoms.